The van der Waals surface area contributed by atoms with Crippen LogP contribution in [0.2, 0.25) is 0 Å². The number of rotatable bonds is 6. The fourth-order valence-corrected chi connectivity index (χ4v) is 1.84. The fraction of sp³-hybridized carbons (Fsp3) is 0.429. The van der Waals surface area contributed by atoms with E-state index in [1.165, 1.54) is 12.1 Å². The van der Waals surface area contributed by atoms with Gasteiger partial charge < -0.3 is 9.47 Å². The number of alkyl halides is 2. The van der Waals surface area contributed by atoms with E-state index in [1.807, 2.05) is 6.07 Å². The highest BCUT2D eigenvalue weighted by Gasteiger charge is 2.16. The zero-order valence-electron chi connectivity index (χ0n) is 11.3. The fourth-order valence-electron chi connectivity index (χ4n) is 1.84. The molecule has 0 radical (unpaired) electrons. The summed E-state index contributed by atoms with van der Waals surface area (Å²) >= 11 is 0. The molecular weight excluding hydrogens is 268 g/mol. The van der Waals surface area contributed by atoms with E-state index in [1.54, 1.807) is 13.8 Å². The summed E-state index contributed by atoms with van der Waals surface area (Å²) < 4.78 is 33.7. The molecule has 108 valence electrons. The molecule has 0 unspecified atom stereocenters. The average molecular weight is 283 g/mol. The Hall–Kier alpha value is -2.16. The molecule has 0 fully saturated rings. The van der Waals surface area contributed by atoms with Crippen molar-refractivity contribution in [2.24, 2.45) is 0 Å². The first-order valence-electron chi connectivity index (χ1n) is 6.18. The van der Waals surface area contributed by atoms with Crippen molar-refractivity contribution in [3.63, 3.8) is 0 Å². The Bertz CT molecular complexity index is 524. The Balaban J connectivity index is 3.17. The molecule has 0 aromatic heterocycles. The van der Waals surface area contributed by atoms with E-state index >= 15 is 0 Å². The minimum atomic E-state index is -2.96. The standard InChI is InChI=1S/C14H15F2NO3/c1-3-9-5-11(20-14(15)16)6-10(12(9)8-17)7-13(18)19-4-2/h5-6,14H,3-4,7H2,1-2H3. The molecule has 0 aliphatic rings. The summed E-state index contributed by atoms with van der Waals surface area (Å²) in [4.78, 5) is 11.5. The number of hydrogen-bond acceptors (Lipinski definition) is 4. The molecule has 1 rings (SSSR count). The molecule has 0 aliphatic carbocycles. The Morgan fingerprint density at radius 1 is 1.35 bits per heavy atom. The maximum atomic E-state index is 12.3. The summed E-state index contributed by atoms with van der Waals surface area (Å²) in [6.45, 7) is 0.713. The van der Waals surface area contributed by atoms with Gasteiger partial charge in [0.1, 0.15) is 5.75 Å². The summed E-state index contributed by atoms with van der Waals surface area (Å²) in [5.74, 6) is -0.574. The Morgan fingerprint density at radius 3 is 2.50 bits per heavy atom. The summed E-state index contributed by atoms with van der Waals surface area (Å²) in [5, 5.41) is 9.15. The Labute approximate surface area is 115 Å². The molecule has 0 N–H and O–H groups in total. The molecule has 4 nitrogen and oxygen atoms in total. The largest absolute Gasteiger partial charge is 0.466 e. The lowest BCUT2D eigenvalue weighted by Crippen LogP contribution is -2.11. The lowest BCUT2D eigenvalue weighted by molar-refractivity contribution is -0.142. The number of halogens is 2. The summed E-state index contributed by atoms with van der Waals surface area (Å²) in [6, 6.07) is 4.66. The van der Waals surface area contributed by atoms with Gasteiger partial charge in [0.05, 0.1) is 24.7 Å². The van der Waals surface area contributed by atoms with Crippen LogP contribution in [0.1, 0.15) is 30.5 Å². The normalized spacial score (nSPS) is 10.2. The Morgan fingerprint density at radius 2 is 2.00 bits per heavy atom. The molecule has 0 heterocycles. The summed E-state index contributed by atoms with van der Waals surface area (Å²) in [7, 11) is 0. The van der Waals surface area contributed by atoms with Gasteiger partial charge in [-0.15, -0.1) is 0 Å². The van der Waals surface area contributed by atoms with Gasteiger partial charge in [-0.25, -0.2) is 0 Å². The van der Waals surface area contributed by atoms with Crippen molar-refractivity contribution in [1.82, 2.24) is 0 Å². The first kappa shape index (κ1) is 15.9. The number of esters is 1. The van der Waals surface area contributed by atoms with Crippen LogP contribution in [0.5, 0.6) is 5.75 Å². The van der Waals surface area contributed by atoms with E-state index < -0.39 is 12.6 Å². The number of aryl methyl sites for hydroxylation is 1. The van der Waals surface area contributed by atoms with Gasteiger partial charge in [0.2, 0.25) is 0 Å². The van der Waals surface area contributed by atoms with E-state index in [2.05, 4.69) is 4.74 Å². The molecule has 0 atom stereocenters. The van der Waals surface area contributed by atoms with Crippen LogP contribution in [0.3, 0.4) is 0 Å². The number of carbonyl (C=O) groups excluding carboxylic acids is 1. The highest BCUT2D eigenvalue weighted by Crippen LogP contribution is 2.25. The molecule has 0 spiro atoms. The lowest BCUT2D eigenvalue weighted by atomic mass is 9.97. The van der Waals surface area contributed by atoms with E-state index in [-0.39, 0.29) is 18.8 Å². The second kappa shape index (κ2) is 7.43. The van der Waals surface area contributed by atoms with Gasteiger partial charge in [-0.05, 0) is 36.6 Å². The minimum absolute atomic E-state index is 0.0600. The molecule has 1 aromatic rings. The predicted octanol–water partition coefficient (Wildman–Crippen LogP) is 2.83. The van der Waals surface area contributed by atoms with Crippen LogP contribution in [0.4, 0.5) is 8.78 Å². The maximum absolute atomic E-state index is 12.3. The van der Waals surface area contributed by atoms with E-state index in [0.717, 1.165) is 0 Å². The highest BCUT2D eigenvalue weighted by atomic mass is 19.3. The smallest absolute Gasteiger partial charge is 0.387 e. The van der Waals surface area contributed by atoms with Crippen molar-refractivity contribution in [1.29, 1.82) is 5.26 Å². The molecule has 0 amide bonds. The number of benzene rings is 1. The van der Waals surface area contributed by atoms with Gasteiger partial charge in [0.25, 0.3) is 0 Å². The van der Waals surface area contributed by atoms with Gasteiger partial charge >= 0.3 is 12.6 Å². The third-order valence-electron chi connectivity index (χ3n) is 2.63. The number of carbonyl (C=O) groups is 1. The highest BCUT2D eigenvalue weighted by molar-refractivity contribution is 5.74. The van der Waals surface area contributed by atoms with Crippen LogP contribution in [0, 0.1) is 11.3 Å². The third kappa shape index (κ3) is 4.19. The monoisotopic (exact) mass is 283 g/mol. The predicted molar refractivity (Wildman–Crippen MR) is 67.5 cm³/mol. The summed E-state index contributed by atoms with van der Waals surface area (Å²) in [5.41, 5.74) is 1.20. The second-order valence-corrected chi connectivity index (χ2v) is 3.94. The van der Waals surface area contributed by atoms with Crippen molar-refractivity contribution in [2.45, 2.75) is 33.3 Å². The van der Waals surface area contributed by atoms with Crippen LogP contribution in [0.15, 0.2) is 12.1 Å². The first-order chi connectivity index (χ1) is 9.51. The van der Waals surface area contributed by atoms with Crippen LogP contribution >= 0.6 is 0 Å². The zero-order valence-corrected chi connectivity index (χ0v) is 11.3. The molecule has 6 heteroatoms. The number of ether oxygens (including phenoxy) is 2. The Kier molecular flexibility index (Phi) is 5.91. The van der Waals surface area contributed by atoms with E-state index in [4.69, 9.17) is 10.00 Å². The molecular formula is C14H15F2NO3. The third-order valence-corrected chi connectivity index (χ3v) is 2.63. The van der Waals surface area contributed by atoms with E-state index in [0.29, 0.717) is 23.1 Å². The van der Waals surface area contributed by atoms with Crippen LogP contribution in [-0.2, 0) is 22.4 Å². The molecule has 0 saturated heterocycles. The van der Waals surface area contributed by atoms with Gasteiger partial charge in [0, 0.05) is 0 Å². The number of nitriles is 1. The van der Waals surface area contributed by atoms with Crippen molar-refractivity contribution in [3.05, 3.63) is 28.8 Å². The van der Waals surface area contributed by atoms with Crippen LogP contribution in [0.25, 0.3) is 0 Å². The van der Waals surface area contributed by atoms with Crippen molar-refractivity contribution < 1.29 is 23.0 Å². The van der Waals surface area contributed by atoms with Gasteiger partial charge in [-0.1, -0.05) is 6.92 Å². The maximum Gasteiger partial charge on any atom is 0.387 e. The van der Waals surface area contributed by atoms with Crippen molar-refractivity contribution in [2.75, 3.05) is 6.61 Å². The van der Waals surface area contributed by atoms with E-state index in [9.17, 15) is 13.6 Å². The number of nitrogens with zero attached hydrogens (tertiary/aromatic N) is 1. The topological polar surface area (TPSA) is 59.3 Å². The van der Waals surface area contributed by atoms with Gasteiger partial charge in [0.15, 0.2) is 0 Å². The molecule has 20 heavy (non-hydrogen) atoms. The molecule has 0 saturated carbocycles. The molecule has 0 aliphatic heterocycles. The van der Waals surface area contributed by atoms with Crippen LogP contribution in [-0.4, -0.2) is 19.2 Å². The lowest BCUT2D eigenvalue weighted by Gasteiger charge is -2.12. The quantitative estimate of drug-likeness (QED) is 0.753. The molecule has 0 bridgehead atoms. The average Bonchev–Trinajstić information content (AvgIpc) is 2.37. The summed E-state index contributed by atoms with van der Waals surface area (Å²) in [6.07, 6.45) is 0.323. The van der Waals surface area contributed by atoms with Gasteiger partial charge in [-0.3, -0.25) is 4.79 Å². The second-order valence-electron chi connectivity index (χ2n) is 3.94. The zero-order chi connectivity index (χ0) is 15.1. The van der Waals surface area contributed by atoms with Crippen LogP contribution < -0.4 is 4.74 Å². The minimum Gasteiger partial charge on any atom is -0.466 e. The van der Waals surface area contributed by atoms with Crippen molar-refractivity contribution in [3.8, 4) is 11.8 Å². The number of hydrogen-bond donors (Lipinski definition) is 0. The van der Waals surface area contributed by atoms with Crippen molar-refractivity contribution >= 4 is 5.97 Å². The molecule has 1 aromatic carbocycles. The van der Waals surface area contributed by atoms with Gasteiger partial charge in [-0.2, -0.15) is 14.0 Å². The SMILES string of the molecule is CCOC(=O)Cc1cc(OC(F)F)cc(CC)c1C#N. The first-order valence-corrected chi connectivity index (χ1v) is 6.18.